The molecule has 1 aliphatic rings. The summed E-state index contributed by atoms with van der Waals surface area (Å²) in [5.74, 6) is 0.749. The van der Waals surface area contributed by atoms with Gasteiger partial charge in [-0.25, -0.2) is 0 Å². The molecule has 2 aromatic rings. The molecule has 0 radical (unpaired) electrons. The molecule has 0 saturated carbocycles. The van der Waals surface area contributed by atoms with Gasteiger partial charge in [-0.05, 0) is 31.2 Å². The average molecular weight is 302 g/mol. The molecule has 2 heterocycles. The third-order valence-corrected chi connectivity index (χ3v) is 4.27. The van der Waals surface area contributed by atoms with Crippen molar-refractivity contribution in [3.8, 4) is 11.6 Å². The van der Waals surface area contributed by atoms with Gasteiger partial charge in [-0.15, -0.1) is 0 Å². The molecule has 108 valence electrons. The summed E-state index contributed by atoms with van der Waals surface area (Å²) >= 11 is 1.03. The predicted molar refractivity (Wildman–Crippen MR) is 84.9 cm³/mol. The summed E-state index contributed by atoms with van der Waals surface area (Å²) in [7, 11) is 1.61. The monoisotopic (exact) mass is 302 g/mol. The van der Waals surface area contributed by atoms with Crippen LogP contribution in [0.25, 0.3) is 11.6 Å². The summed E-state index contributed by atoms with van der Waals surface area (Å²) in [4.78, 5) is 16.4. The number of aromatic nitrogens is 1. The fourth-order valence-electron chi connectivity index (χ4n) is 2.24. The summed E-state index contributed by atoms with van der Waals surface area (Å²) in [6.07, 6.45) is 3.51. The van der Waals surface area contributed by atoms with Gasteiger partial charge in [-0.1, -0.05) is 11.3 Å². The Labute approximate surface area is 125 Å². The van der Waals surface area contributed by atoms with E-state index in [1.165, 1.54) is 4.57 Å². The van der Waals surface area contributed by atoms with Crippen LogP contribution < -0.4 is 9.61 Å². The van der Waals surface area contributed by atoms with Gasteiger partial charge in [-0.3, -0.25) is 14.4 Å². The first-order valence-corrected chi connectivity index (χ1v) is 7.32. The quantitative estimate of drug-likeness (QED) is 0.948. The zero-order valence-corrected chi connectivity index (χ0v) is 12.5. The molecule has 1 aliphatic heterocycles. The van der Waals surface area contributed by atoms with E-state index in [2.05, 4.69) is 4.99 Å². The molecule has 6 heteroatoms. The van der Waals surface area contributed by atoms with Gasteiger partial charge in [0.05, 0.1) is 17.7 Å². The fourth-order valence-corrected chi connectivity index (χ4v) is 3.14. The number of nitrogens with zero attached hydrogens (tertiary/aromatic N) is 2. The number of methoxy groups -OCH3 is 1. The van der Waals surface area contributed by atoms with Gasteiger partial charge >= 0.3 is 4.87 Å². The predicted octanol–water partition coefficient (Wildman–Crippen LogP) is 2.90. The summed E-state index contributed by atoms with van der Waals surface area (Å²) in [5.41, 5.74) is 2.63. The number of allylic oxidation sites excluding steroid dienone is 1. The van der Waals surface area contributed by atoms with E-state index in [1.54, 1.807) is 19.4 Å². The number of rotatable bonds is 3. The topological polar surface area (TPSA) is 63.8 Å². The second kappa shape index (κ2) is 5.21. The number of fused-ring (bicyclic) bond motifs is 1. The van der Waals surface area contributed by atoms with Crippen LogP contribution in [-0.4, -0.2) is 23.0 Å². The normalized spacial score (nSPS) is 14.7. The number of hydrogen-bond acceptors (Lipinski definition) is 5. The van der Waals surface area contributed by atoms with Crippen molar-refractivity contribution >= 4 is 34.9 Å². The van der Waals surface area contributed by atoms with E-state index >= 15 is 0 Å². The van der Waals surface area contributed by atoms with E-state index in [0.717, 1.165) is 33.9 Å². The Morgan fingerprint density at radius 1 is 1.48 bits per heavy atom. The molecule has 0 bridgehead atoms. The standard InChI is InChI=1S/C15H14N2O3S/c1-3-17-14(18)13(21-15(17)19)6-9-8-16-12-5-4-10(20-2)7-11(9)12/h4-8,18H,3H2,1-2H3/b9-6+. The molecule has 0 aliphatic carbocycles. The van der Waals surface area contributed by atoms with E-state index in [-0.39, 0.29) is 10.8 Å². The second-order valence-corrected chi connectivity index (χ2v) is 5.53. The van der Waals surface area contributed by atoms with Crippen molar-refractivity contribution in [2.45, 2.75) is 13.5 Å². The SMILES string of the molecule is CCn1c(O)c(/C=C2\C=Nc3ccc(OC)cc32)sc1=O. The van der Waals surface area contributed by atoms with Gasteiger partial charge < -0.3 is 9.84 Å². The maximum atomic E-state index is 11.8. The number of thiazole rings is 1. The Hall–Kier alpha value is -2.34. The van der Waals surface area contributed by atoms with Crippen LogP contribution >= 0.6 is 11.3 Å². The van der Waals surface area contributed by atoms with Crippen LogP contribution in [0.3, 0.4) is 0 Å². The number of aromatic hydroxyl groups is 1. The van der Waals surface area contributed by atoms with E-state index in [0.29, 0.717) is 11.4 Å². The van der Waals surface area contributed by atoms with E-state index in [4.69, 9.17) is 4.74 Å². The maximum Gasteiger partial charge on any atom is 0.310 e. The van der Waals surface area contributed by atoms with Crippen LogP contribution in [-0.2, 0) is 6.54 Å². The molecule has 0 saturated heterocycles. The van der Waals surface area contributed by atoms with Gasteiger partial charge in [0.2, 0.25) is 5.88 Å². The highest BCUT2D eigenvalue weighted by Gasteiger charge is 2.16. The lowest BCUT2D eigenvalue weighted by atomic mass is 10.1. The zero-order valence-electron chi connectivity index (χ0n) is 11.7. The smallest absolute Gasteiger partial charge is 0.310 e. The van der Waals surface area contributed by atoms with E-state index in [9.17, 15) is 9.90 Å². The number of ether oxygens (including phenoxy) is 1. The molecule has 3 rings (SSSR count). The first kappa shape index (κ1) is 13.6. The van der Waals surface area contributed by atoms with Crippen molar-refractivity contribution < 1.29 is 9.84 Å². The molecule has 0 unspecified atom stereocenters. The molecule has 21 heavy (non-hydrogen) atoms. The highest BCUT2D eigenvalue weighted by molar-refractivity contribution is 7.10. The molecule has 1 aromatic carbocycles. The first-order chi connectivity index (χ1) is 10.1. The third-order valence-electron chi connectivity index (χ3n) is 3.35. The van der Waals surface area contributed by atoms with Gasteiger partial charge in [-0.2, -0.15) is 0 Å². The Morgan fingerprint density at radius 2 is 2.29 bits per heavy atom. The second-order valence-electron chi connectivity index (χ2n) is 4.54. The molecule has 1 N–H and O–H groups in total. The lowest BCUT2D eigenvalue weighted by Gasteiger charge is -2.03. The van der Waals surface area contributed by atoms with Crippen molar-refractivity contribution in [1.82, 2.24) is 4.57 Å². The van der Waals surface area contributed by atoms with Gasteiger partial charge in [0.1, 0.15) is 5.75 Å². The van der Waals surface area contributed by atoms with Crippen LogP contribution in [0, 0.1) is 0 Å². The summed E-state index contributed by atoms with van der Waals surface area (Å²) in [5, 5.41) is 10.1. The van der Waals surface area contributed by atoms with Crippen molar-refractivity contribution in [2.75, 3.05) is 7.11 Å². The molecule has 1 aromatic heterocycles. The van der Waals surface area contributed by atoms with Crippen LogP contribution in [0.2, 0.25) is 0 Å². The number of aliphatic imine (C=N–C) groups is 1. The minimum atomic E-state index is -0.164. The number of benzene rings is 1. The van der Waals surface area contributed by atoms with Crippen molar-refractivity contribution in [1.29, 1.82) is 0 Å². The van der Waals surface area contributed by atoms with Crippen LogP contribution in [0.5, 0.6) is 11.6 Å². The summed E-state index contributed by atoms with van der Waals surface area (Å²) < 4.78 is 6.56. The lowest BCUT2D eigenvalue weighted by molar-refractivity contribution is 0.415. The van der Waals surface area contributed by atoms with Gasteiger partial charge in [0.25, 0.3) is 0 Å². The number of hydrogen-bond donors (Lipinski definition) is 1. The van der Waals surface area contributed by atoms with Crippen LogP contribution in [0.1, 0.15) is 17.4 Å². The molecule has 0 amide bonds. The molecule has 0 spiro atoms. The summed E-state index contributed by atoms with van der Waals surface area (Å²) in [6, 6.07) is 5.62. The molecule has 5 nitrogen and oxygen atoms in total. The maximum absolute atomic E-state index is 11.8. The van der Waals surface area contributed by atoms with Crippen molar-refractivity contribution in [3.05, 3.63) is 38.3 Å². The zero-order chi connectivity index (χ0) is 15.0. The minimum Gasteiger partial charge on any atom is -0.497 e. The fraction of sp³-hybridized carbons (Fsp3) is 0.200. The van der Waals surface area contributed by atoms with Crippen molar-refractivity contribution in [3.63, 3.8) is 0 Å². The molecule has 0 atom stereocenters. The molecular weight excluding hydrogens is 288 g/mol. The Balaban J connectivity index is 2.08. The lowest BCUT2D eigenvalue weighted by Crippen LogP contribution is -2.09. The van der Waals surface area contributed by atoms with Crippen molar-refractivity contribution in [2.24, 2.45) is 4.99 Å². The average Bonchev–Trinajstić information content (AvgIpc) is 3.00. The molecular formula is C15H14N2O3S. The van der Waals surface area contributed by atoms with Gasteiger partial charge in [0.15, 0.2) is 0 Å². The third kappa shape index (κ3) is 2.27. The first-order valence-electron chi connectivity index (χ1n) is 6.50. The Morgan fingerprint density at radius 3 is 2.95 bits per heavy atom. The van der Waals surface area contributed by atoms with Gasteiger partial charge in [0, 0.05) is 23.9 Å². The van der Waals surface area contributed by atoms with E-state index in [1.807, 2.05) is 25.1 Å². The highest BCUT2D eigenvalue weighted by atomic mass is 32.1. The largest absolute Gasteiger partial charge is 0.497 e. The Kier molecular flexibility index (Phi) is 3.39. The molecule has 0 fully saturated rings. The Bertz CT molecular complexity index is 815. The minimum absolute atomic E-state index is 0.00439. The van der Waals surface area contributed by atoms with Crippen LogP contribution in [0.4, 0.5) is 5.69 Å². The highest BCUT2D eigenvalue weighted by Crippen LogP contribution is 2.36. The van der Waals surface area contributed by atoms with E-state index < -0.39 is 0 Å². The summed E-state index contributed by atoms with van der Waals surface area (Å²) in [6.45, 7) is 2.27. The van der Waals surface area contributed by atoms with Crippen LogP contribution in [0.15, 0.2) is 28.0 Å².